The molecule has 0 aliphatic carbocycles. The summed E-state index contributed by atoms with van der Waals surface area (Å²) in [5.74, 6) is -0.789. The molecule has 0 aromatic heterocycles. The van der Waals surface area contributed by atoms with E-state index in [1.807, 2.05) is 6.07 Å². The molecule has 0 spiro atoms. The van der Waals surface area contributed by atoms with Crippen molar-refractivity contribution in [2.24, 2.45) is 0 Å². The maximum Gasteiger partial charge on any atom is 0.284 e. The minimum absolute atomic E-state index is 0.0213. The van der Waals surface area contributed by atoms with Crippen molar-refractivity contribution in [3.8, 4) is 11.5 Å². The second-order valence-corrected chi connectivity index (χ2v) is 4.38. The molecule has 6 nitrogen and oxygen atoms in total. The van der Waals surface area contributed by atoms with E-state index in [0.29, 0.717) is 0 Å². The van der Waals surface area contributed by atoms with Crippen molar-refractivity contribution >= 4 is 11.5 Å². The SMILES string of the molecule is COc1cc([N+](=O)[O-])c(C(=O)Cc2ccccc2)cc1O. The lowest BCUT2D eigenvalue weighted by atomic mass is 10.0. The number of phenols is 1. The number of nitro groups is 1. The molecule has 0 aliphatic rings. The number of benzene rings is 2. The molecule has 108 valence electrons. The van der Waals surface area contributed by atoms with Crippen LogP contribution in [0, 0.1) is 10.1 Å². The smallest absolute Gasteiger partial charge is 0.284 e. The van der Waals surface area contributed by atoms with E-state index in [-0.39, 0.29) is 29.2 Å². The third kappa shape index (κ3) is 3.17. The molecular formula is C15H13NO5. The molecule has 2 aromatic rings. The van der Waals surface area contributed by atoms with Crippen molar-refractivity contribution in [3.63, 3.8) is 0 Å². The van der Waals surface area contributed by atoms with Gasteiger partial charge < -0.3 is 9.84 Å². The zero-order valence-electron chi connectivity index (χ0n) is 11.3. The molecule has 0 amide bonds. The van der Waals surface area contributed by atoms with Crippen molar-refractivity contribution < 1.29 is 19.6 Å². The van der Waals surface area contributed by atoms with Crippen LogP contribution in [0.1, 0.15) is 15.9 Å². The van der Waals surface area contributed by atoms with Crippen molar-refractivity contribution in [1.29, 1.82) is 0 Å². The van der Waals surface area contributed by atoms with Gasteiger partial charge in [-0.1, -0.05) is 30.3 Å². The van der Waals surface area contributed by atoms with Crippen molar-refractivity contribution in [3.05, 3.63) is 63.7 Å². The third-order valence-corrected chi connectivity index (χ3v) is 3.00. The number of phenolic OH excluding ortho intramolecular Hbond substituents is 1. The van der Waals surface area contributed by atoms with E-state index in [2.05, 4.69) is 0 Å². The maximum atomic E-state index is 12.2. The second kappa shape index (κ2) is 6.04. The first kappa shape index (κ1) is 14.5. The Morgan fingerprint density at radius 1 is 1.29 bits per heavy atom. The maximum absolute atomic E-state index is 12.2. The molecule has 21 heavy (non-hydrogen) atoms. The van der Waals surface area contributed by atoms with E-state index in [4.69, 9.17) is 4.74 Å². The minimum Gasteiger partial charge on any atom is -0.504 e. The van der Waals surface area contributed by atoms with Crippen LogP contribution in [0.15, 0.2) is 42.5 Å². The summed E-state index contributed by atoms with van der Waals surface area (Å²) >= 11 is 0. The summed E-state index contributed by atoms with van der Waals surface area (Å²) in [5.41, 5.74) is 0.222. The molecule has 0 bridgehead atoms. The zero-order chi connectivity index (χ0) is 15.4. The first-order valence-electron chi connectivity index (χ1n) is 6.15. The van der Waals surface area contributed by atoms with Gasteiger partial charge in [0, 0.05) is 12.5 Å². The number of nitrogens with zero attached hydrogens (tertiary/aromatic N) is 1. The average molecular weight is 287 g/mol. The molecule has 2 aromatic carbocycles. The molecule has 2 rings (SSSR count). The fourth-order valence-corrected chi connectivity index (χ4v) is 1.97. The number of aromatic hydroxyl groups is 1. The monoisotopic (exact) mass is 287 g/mol. The van der Waals surface area contributed by atoms with Gasteiger partial charge in [0.05, 0.1) is 23.7 Å². The van der Waals surface area contributed by atoms with Gasteiger partial charge in [0.15, 0.2) is 17.3 Å². The normalized spacial score (nSPS) is 10.1. The summed E-state index contributed by atoms with van der Waals surface area (Å²) in [5, 5.41) is 20.8. The van der Waals surface area contributed by atoms with Crippen LogP contribution >= 0.6 is 0 Å². The molecule has 0 saturated heterocycles. The molecule has 0 fully saturated rings. The van der Waals surface area contributed by atoms with Gasteiger partial charge in [0.1, 0.15) is 0 Å². The topological polar surface area (TPSA) is 89.7 Å². The van der Waals surface area contributed by atoms with Crippen LogP contribution in [0.25, 0.3) is 0 Å². The molecule has 0 aliphatic heterocycles. The van der Waals surface area contributed by atoms with Crippen molar-refractivity contribution in [1.82, 2.24) is 0 Å². The highest BCUT2D eigenvalue weighted by molar-refractivity contribution is 6.01. The zero-order valence-corrected chi connectivity index (χ0v) is 11.3. The van der Waals surface area contributed by atoms with E-state index < -0.39 is 10.7 Å². The number of carbonyl (C=O) groups is 1. The van der Waals surface area contributed by atoms with E-state index in [1.54, 1.807) is 24.3 Å². The average Bonchev–Trinajstić information content (AvgIpc) is 2.47. The number of methoxy groups -OCH3 is 1. The van der Waals surface area contributed by atoms with Crippen LogP contribution in [0.4, 0.5) is 5.69 Å². The Morgan fingerprint density at radius 3 is 2.52 bits per heavy atom. The molecule has 0 saturated carbocycles. The van der Waals surface area contributed by atoms with Crippen LogP contribution in [0.2, 0.25) is 0 Å². The number of hydrogen-bond acceptors (Lipinski definition) is 5. The number of nitro benzene ring substituents is 1. The molecule has 0 unspecified atom stereocenters. The minimum atomic E-state index is -0.666. The summed E-state index contributed by atoms with van der Waals surface area (Å²) in [7, 11) is 1.28. The standard InChI is InChI=1S/C15H13NO5/c1-21-15-9-12(16(19)20)11(8-14(15)18)13(17)7-10-5-3-2-4-6-10/h2-6,8-9,18H,7H2,1H3. The number of rotatable bonds is 5. The Bertz CT molecular complexity index is 682. The first-order valence-corrected chi connectivity index (χ1v) is 6.15. The van der Waals surface area contributed by atoms with E-state index in [9.17, 15) is 20.0 Å². The van der Waals surface area contributed by atoms with Crippen LogP contribution in [-0.2, 0) is 6.42 Å². The molecule has 0 heterocycles. The van der Waals surface area contributed by atoms with E-state index in [1.165, 1.54) is 7.11 Å². The van der Waals surface area contributed by atoms with Gasteiger partial charge in [-0.15, -0.1) is 0 Å². The van der Waals surface area contributed by atoms with Gasteiger partial charge >= 0.3 is 0 Å². The van der Waals surface area contributed by atoms with Gasteiger partial charge in [-0.05, 0) is 5.56 Å². The van der Waals surface area contributed by atoms with Crippen LogP contribution < -0.4 is 4.74 Å². The second-order valence-electron chi connectivity index (χ2n) is 4.38. The Kier molecular flexibility index (Phi) is 4.18. The van der Waals surface area contributed by atoms with Gasteiger partial charge in [-0.2, -0.15) is 0 Å². The van der Waals surface area contributed by atoms with E-state index >= 15 is 0 Å². The fraction of sp³-hybridized carbons (Fsp3) is 0.133. The lowest BCUT2D eigenvalue weighted by molar-refractivity contribution is -0.385. The summed E-state index contributed by atoms with van der Waals surface area (Å²) in [6, 6.07) is 11.0. The van der Waals surface area contributed by atoms with Crippen LogP contribution in [0.3, 0.4) is 0 Å². The van der Waals surface area contributed by atoms with Gasteiger partial charge in [-0.25, -0.2) is 0 Å². The molecular weight excluding hydrogens is 274 g/mol. The Balaban J connectivity index is 2.40. The Hall–Kier alpha value is -2.89. The summed E-state index contributed by atoms with van der Waals surface area (Å²) in [4.78, 5) is 22.6. The summed E-state index contributed by atoms with van der Waals surface area (Å²) in [6.45, 7) is 0. The van der Waals surface area contributed by atoms with Crippen molar-refractivity contribution in [2.75, 3.05) is 7.11 Å². The van der Waals surface area contributed by atoms with Gasteiger partial charge in [-0.3, -0.25) is 14.9 Å². The number of ether oxygens (including phenoxy) is 1. The summed E-state index contributed by atoms with van der Waals surface area (Å²) < 4.78 is 4.82. The number of carbonyl (C=O) groups excluding carboxylic acids is 1. The highest BCUT2D eigenvalue weighted by atomic mass is 16.6. The predicted octanol–water partition coefficient (Wildman–Crippen LogP) is 2.73. The largest absolute Gasteiger partial charge is 0.504 e. The number of Topliss-reactive ketones (excluding diaryl/α,β-unsaturated/α-hetero) is 1. The fourth-order valence-electron chi connectivity index (χ4n) is 1.97. The predicted molar refractivity (Wildman–Crippen MR) is 75.8 cm³/mol. The number of hydrogen-bond donors (Lipinski definition) is 1. The lowest BCUT2D eigenvalue weighted by Crippen LogP contribution is -2.07. The number of ketones is 1. The molecule has 6 heteroatoms. The molecule has 1 N–H and O–H groups in total. The Labute approximate surface area is 120 Å². The van der Waals surface area contributed by atoms with Crippen LogP contribution in [0.5, 0.6) is 11.5 Å². The van der Waals surface area contributed by atoms with Gasteiger partial charge in [0.2, 0.25) is 0 Å². The summed E-state index contributed by atoms with van der Waals surface area (Å²) in [6.07, 6.45) is 0.0213. The van der Waals surface area contributed by atoms with Crippen LogP contribution in [-0.4, -0.2) is 22.9 Å². The van der Waals surface area contributed by atoms with E-state index in [0.717, 1.165) is 17.7 Å². The quantitative estimate of drug-likeness (QED) is 0.519. The lowest BCUT2D eigenvalue weighted by Gasteiger charge is -2.07. The van der Waals surface area contributed by atoms with Gasteiger partial charge in [0.25, 0.3) is 5.69 Å². The third-order valence-electron chi connectivity index (χ3n) is 3.00. The first-order chi connectivity index (χ1) is 10.0. The molecule has 0 radical (unpaired) electrons. The molecule has 0 atom stereocenters. The highest BCUT2D eigenvalue weighted by Gasteiger charge is 2.23. The Morgan fingerprint density at radius 2 is 1.95 bits per heavy atom. The highest BCUT2D eigenvalue weighted by Crippen LogP contribution is 2.34. The van der Waals surface area contributed by atoms with Crippen molar-refractivity contribution in [2.45, 2.75) is 6.42 Å².